The van der Waals surface area contributed by atoms with Crippen LogP contribution in [0.4, 0.5) is 5.69 Å². The van der Waals surface area contributed by atoms with Crippen molar-refractivity contribution in [2.24, 2.45) is 11.8 Å². The fourth-order valence-electron chi connectivity index (χ4n) is 2.49. The summed E-state index contributed by atoms with van der Waals surface area (Å²) < 4.78 is 37.2. The summed E-state index contributed by atoms with van der Waals surface area (Å²) in [7, 11) is -3.78. The molecule has 9 heteroatoms. The first-order chi connectivity index (χ1) is 12.8. The van der Waals surface area contributed by atoms with E-state index in [1.165, 1.54) is 24.5 Å². The van der Waals surface area contributed by atoms with E-state index in [9.17, 15) is 18.0 Å². The molecular formula is C18H20N2O6S. The van der Waals surface area contributed by atoms with Gasteiger partial charge < -0.3 is 14.5 Å². The Morgan fingerprint density at radius 1 is 1.26 bits per heavy atom. The molecule has 0 saturated heterocycles. The molecule has 1 saturated carbocycles. The fraction of sp³-hybridized carbons (Fsp3) is 0.333. The number of furan rings is 1. The molecule has 0 spiro atoms. The van der Waals surface area contributed by atoms with Gasteiger partial charge in [0.1, 0.15) is 5.76 Å². The Morgan fingerprint density at radius 2 is 2.04 bits per heavy atom. The van der Waals surface area contributed by atoms with E-state index in [0.29, 0.717) is 11.7 Å². The Morgan fingerprint density at radius 3 is 2.70 bits per heavy atom. The van der Waals surface area contributed by atoms with E-state index in [0.717, 1.165) is 6.42 Å². The third-order valence-electron chi connectivity index (χ3n) is 4.20. The van der Waals surface area contributed by atoms with Crippen molar-refractivity contribution < 1.29 is 27.2 Å². The average Bonchev–Trinajstić information content (AvgIpc) is 3.15. The predicted octanol–water partition coefficient (Wildman–Crippen LogP) is 1.90. The first-order valence-electron chi connectivity index (χ1n) is 8.44. The molecule has 1 fully saturated rings. The third kappa shape index (κ3) is 5.18. The zero-order valence-corrected chi connectivity index (χ0v) is 15.5. The van der Waals surface area contributed by atoms with Gasteiger partial charge in [0.15, 0.2) is 6.61 Å². The summed E-state index contributed by atoms with van der Waals surface area (Å²) in [6, 6.07) is 9.12. The van der Waals surface area contributed by atoms with E-state index in [4.69, 9.17) is 9.15 Å². The Labute approximate surface area is 156 Å². The molecule has 0 unspecified atom stereocenters. The Balaban J connectivity index is 1.55. The largest absolute Gasteiger partial charge is 0.468 e. The second-order valence-corrected chi connectivity index (χ2v) is 8.17. The van der Waals surface area contributed by atoms with Crippen LogP contribution in [-0.4, -0.2) is 26.9 Å². The minimum atomic E-state index is -3.78. The second kappa shape index (κ2) is 7.93. The van der Waals surface area contributed by atoms with Crippen molar-refractivity contribution in [3.63, 3.8) is 0 Å². The van der Waals surface area contributed by atoms with Crippen LogP contribution < -0.4 is 10.0 Å². The van der Waals surface area contributed by atoms with Crippen LogP contribution in [0.2, 0.25) is 0 Å². The van der Waals surface area contributed by atoms with E-state index in [1.54, 1.807) is 18.2 Å². The summed E-state index contributed by atoms with van der Waals surface area (Å²) in [5.74, 6) is -0.247. The zero-order valence-electron chi connectivity index (χ0n) is 14.7. The second-order valence-electron chi connectivity index (χ2n) is 6.41. The lowest BCUT2D eigenvalue weighted by Crippen LogP contribution is -2.24. The summed E-state index contributed by atoms with van der Waals surface area (Å²) in [4.78, 5) is 23.5. The van der Waals surface area contributed by atoms with Crippen molar-refractivity contribution in [3.8, 4) is 0 Å². The van der Waals surface area contributed by atoms with Gasteiger partial charge in [0.25, 0.3) is 5.91 Å². The number of benzene rings is 1. The van der Waals surface area contributed by atoms with Crippen molar-refractivity contribution in [3.05, 3.63) is 48.4 Å². The van der Waals surface area contributed by atoms with Gasteiger partial charge in [0.2, 0.25) is 10.0 Å². The molecule has 0 bridgehead atoms. The van der Waals surface area contributed by atoms with Gasteiger partial charge in [-0.25, -0.2) is 13.1 Å². The third-order valence-corrected chi connectivity index (χ3v) is 5.60. The highest BCUT2D eigenvalue weighted by atomic mass is 32.2. The monoisotopic (exact) mass is 392 g/mol. The Kier molecular flexibility index (Phi) is 5.62. The van der Waals surface area contributed by atoms with Gasteiger partial charge in [-0.15, -0.1) is 0 Å². The molecule has 3 rings (SSSR count). The van der Waals surface area contributed by atoms with Crippen LogP contribution in [0.5, 0.6) is 0 Å². The van der Waals surface area contributed by atoms with Gasteiger partial charge in [-0.1, -0.05) is 13.0 Å². The average molecular weight is 392 g/mol. The van der Waals surface area contributed by atoms with Crippen LogP contribution >= 0.6 is 0 Å². The zero-order chi connectivity index (χ0) is 19.4. The van der Waals surface area contributed by atoms with Gasteiger partial charge >= 0.3 is 5.97 Å². The molecule has 2 N–H and O–H groups in total. The molecule has 0 aliphatic heterocycles. The smallest absolute Gasteiger partial charge is 0.309 e. The highest BCUT2D eigenvalue weighted by Gasteiger charge is 2.40. The molecule has 2 aromatic rings. The van der Waals surface area contributed by atoms with E-state index in [-0.39, 0.29) is 29.0 Å². The molecular weight excluding hydrogens is 372 g/mol. The van der Waals surface area contributed by atoms with Gasteiger partial charge in [-0.2, -0.15) is 0 Å². The number of esters is 1. The van der Waals surface area contributed by atoms with Gasteiger partial charge in [0.05, 0.1) is 23.6 Å². The van der Waals surface area contributed by atoms with Crippen molar-refractivity contribution >= 4 is 27.6 Å². The predicted molar refractivity (Wildman–Crippen MR) is 96.0 cm³/mol. The maximum Gasteiger partial charge on any atom is 0.309 e. The number of rotatable bonds is 8. The molecule has 27 heavy (non-hydrogen) atoms. The number of hydrogen-bond acceptors (Lipinski definition) is 6. The number of amides is 1. The fourth-order valence-corrected chi connectivity index (χ4v) is 3.53. The summed E-state index contributed by atoms with van der Waals surface area (Å²) in [6.45, 7) is 1.55. The SMILES string of the molecule is C[C@@H]1C[C@@H]1C(=O)OCC(=O)Nc1cccc(S(=O)(=O)NCc2ccco2)c1. The van der Waals surface area contributed by atoms with Crippen molar-refractivity contribution in [1.29, 1.82) is 0 Å². The maximum atomic E-state index is 12.4. The number of sulfonamides is 1. The van der Waals surface area contributed by atoms with Crippen molar-refractivity contribution in [1.82, 2.24) is 4.72 Å². The molecule has 1 aliphatic rings. The summed E-state index contributed by atoms with van der Waals surface area (Å²) in [6.07, 6.45) is 2.24. The van der Waals surface area contributed by atoms with Crippen LogP contribution in [0.1, 0.15) is 19.1 Å². The number of carbonyl (C=O) groups excluding carboxylic acids is 2. The molecule has 144 valence electrons. The number of ether oxygens (including phenoxy) is 1. The van der Waals surface area contributed by atoms with Crippen molar-refractivity contribution in [2.75, 3.05) is 11.9 Å². The molecule has 1 heterocycles. The lowest BCUT2D eigenvalue weighted by molar-refractivity contribution is -0.148. The summed E-state index contributed by atoms with van der Waals surface area (Å²) in [5.41, 5.74) is 0.289. The first kappa shape index (κ1) is 19.1. The molecule has 2 atom stereocenters. The van der Waals surface area contributed by atoms with Crippen LogP contribution in [0.25, 0.3) is 0 Å². The number of hydrogen-bond donors (Lipinski definition) is 2. The highest BCUT2D eigenvalue weighted by Crippen LogP contribution is 2.38. The standard InChI is InChI=1S/C18H20N2O6S/c1-12-8-16(12)18(22)26-11-17(21)20-13-4-2-6-15(9-13)27(23,24)19-10-14-5-3-7-25-14/h2-7,9,12,16,19H,8,10-11H2,1H3,(H,20,21)/t12-,16+/m1/s1. The number of carbonyl (C=O) groups is 2. The van der Waals surface area contributed by atoms with Crippen LogP contribution in [0.15, 0.2) is 52.0 Å². The van der Waals surface area contributed by atoms with Gasteiger partial charge in [0, 0.05) is 5.69 Å². The van der Waals surface area contributed by atoms with Crippen LogP contribution in [0, 0.1) is 11.8 Å². The summed E-state index contributed by atoms with van der Waals surface area (Å²) >= 11 is 0. The van der Waals surface area contributed by atoms with Gasteiger partial charge in [-0.05, 0) is 42.7 Å². The molecule has 1 aromatic carbocycles. The van der Waals surface area contributed by atoms with Crippen LogP contribution in [-0.2, 0) is 30.9 Å². The topological polar surface area (TPSA) is 115 Å². The Bertz CT molecular complexity index is 923. The minimum absolute atomic E-state index is 0.00402. The van der Waals surface area contributed by atoms with Crippen LogP contribution in [0.3, 0.4) is 0 Å². The highest BCUT2D eigenvalue weighted by molar-refractivity contribution is 7.89. The van der Waals surface area contributed by atoms with E-state index in [1.807, 2.05) is 6.92 Å². The molecule has 0 radical (unpaired) electrons. The lowest BCUT2D eigenvalue weighted by atomic mass is 10.3. The summed E-state index contributed by atoms with van der Waals surface area (Å²) in [5, 5.41) is 2.52. The van der Waals surface area contributed by atoms with E-state index < -0.39 is 22.5 Å². The molecule has 1 aliphatic carbocycles. The number of anilines is 1. The minimum Gasteiger partial charge on any atom is -0.468 e. The normalized spacial score (nSPS) is 18.7. The maximum absolute atomic E-state index is 12.4. The lowest BCUT2D eigenvalue weighted by Gasteiger charge is -2.09. The van der Waals surface area contributed by atoms with E-state index in [2.05, 4.69) is 10.0 Å². The Hall–Kier alpha value is -2.65. The number of nitrogens with one attached hydrogen (secondary N) is 2. The first-order valence-corrected chi connectivity index (χ1v) is 9.92. The molecule has 8 nitrogen and oxygen atoms in total. The molecule has 1 aromatic heterocycles. The van der Waals surface area contributed by atoms with E-state index >= 15 is 0 Å². The molecule has 1 amide bonds. The quantitative estimate of drug-likeness (QED) is 0.663. The van der Waals surface area contributed by atoms with Crippen molar-refractivity contribution in [2.45, 2.75) is 24.8 Å². The van der Waals surface area contributed by atoms with Gasteiger partial charge in [-0.3, -0.25) is 9.59 Å².